The standard InChI is InChI=1S/C13H19N3O/c1-16(2)12(13-6-4-8-17-13)10-14-9-11-5-3-7-15-11/h3-8,12,14-15H,9-10H2,1-2H3. The summed E-state index contributed by atoms with van der Waals surface area (Å²) in [6, 6.07) is 8.29. The molecule has 1 atom stereocenters. The van der Waals surface area contributed by atoms with Crippen molar-refractivity contribution >= 4 is 0 Å². The van der Waals surface area contributed by atoms with Gasteiger partial charge in [-0.05, 0) is 38.4 Å². The van der Waals surface area contributed by atoms with E-state index in [9.17, 15) is 0 Å². The number of nitrogens with one attached hydrogen (secondary N) is 2. The summed E-state index contributed by atoms with van der Waals surface area (Å²) in [5.74, 6) is 0.994. The van der Waals surface area contributed by atoms with Crippen LogP contribution in [-0.2, 0) is 6.54 Å². The van der Waals surface area contributed by atoms with Crippen LogP contribution in [0.2, 0.25) is 0 Å². The second-order valence-electron chi connectivity index (χ2n) is 4.32. The summed E-state index contributed by atoms with van der Waals surface area (Å²) < 4.78 is 5.46. The largest absolute Gasteiger partial charge is 0.468 e. The van der Waals surface area contributed by atoms with E-state index in [1.807, 2.05) is 24.4 Å². The lowest BCUT2D eigenvalue weighted by Gasteiger charge is -2.22. The van der Waals surface area contributed by atoms with E-state index in [4.69, 9.17) is 4.42 Å². The third-order valence-corrected chi connectivity index (χ3v) is 2.81. The highest BCUT2D eigenvalue weighted by Crippen LogP contribution is 2.17. The number of nitrogens with zero attached hydrogens (tertiary/aromatic N) is 1. The Labute approximate surface area is 102 Å². The van der Waals surface area contributed by atoms with E-state index >= 15 is 0 Å². The fourth-order valence-electron chi connectivity index (χ4n) is 1.84. The van der Waals surface area contributed by atoms with E-state index in [0.717, 1.165) is 18.8 Å². The number of rotatable bonds is 6. The van der Waals surface area contributed by atoms with Crippen LogP contribution in [0.25, 0.3) is 0 Å². The van der Waals surface area contributed by atoms with Crippen molar-refractivity contribution < 1.29 is 4.42 Å². The molecule has 2 aromatic rings. The van der Waals surface area contributed by atoms with E-state index < -0.39 is 0 Å². The van der Waals surface area contributed by atoms with Gasteiger partial charge in [0.2, 0.25) is 0 Å². The smallest absolute Gasteiger partial charge is 0.122 e. The van der Waals surface area contributed by atoms with E-state index in [2.05, 4.69) is 35.4 Å². The first-order valence-electron chi connectivity index (χ1n) is 5.80. The van der Waals surface area contributed by atoms with Gasteiger partial charge in [-0.1, -0.05) is 0 Å². The average Bonchev–Trinajstić information content (AvgIpc) is 2.96. The molecule has 0 aliphatic carbocycles. The van der Waals surface area contributed by atoms with Gasteiger partial charge in [0.1, 0.15) is 5.76 Å². The van der Waals surface area contributed by atoms with Crippen LogP contribution in [0, 0.1) is 0 Å². The number of hydrogen-bond donors (Lipinski definition) is 2. The first-order chi connectivity index (χ1) is 8.27. The lowest BCUT2D eigenvalue weighted by molar-refractivity contribution is 0.250. The van der Waals surface area contributed by atoms with E-state index in [0.29, 0.717) is 0 Å². The van der Waals surface area contributed by atoms with Gasteiger partial charge in [-0.15, -0.1) is 0 Å². The summed E-state index contributed by atoms with van der Waals surface area (Å²) >= 11 is 0. The van der Waals surface area contributed by atoms with Crippen LogP contribution in [-0.4, -0.2) is 30.5 Å². The van der Waals surface area contributed by atoms with Gasteiger partial charge in [0, 0.05) is 25.0 Å². The molecule has 0 aliphatic rings. The molecule has 92 valence electrons. The zero-order chi connectivity index (χ0) is 12.1. The third-order valence-electron chi connectivity index (χ3n) is 2.81. The average molecular weight is 233 g/mol. The van der Waals surface area contributed by atoms with Crippen molar-refractivity contribution in [2.24, 2.45) is 0 Å². The Bertz CT molecular complexity index is 406. The monoisotopic (exact) mass is 233 g/mol. The number of aromatic amines is 1. The molecular formula is C13H19N3O. The van der Waals surface area contributed by atoms with Crippen LogP contribution in [0.15, 0.2) is 41.1 Å². The molecular weight excluding hydrogens is 214 g/mol. The Hall–Kier alpha value is -1.52. The van der Waals surface area contributed by atoms with Gasteiger partial charge in [0.05, 0.1) is 12.3 Å². The van der Waals surface area contributed by atoms with Crippen LogP contribution < -0.4 is 5.32 Å². The molecule has 4 heteroatoms. The second kappa shape index (κ2) is 5.70. The van der Waals surface area contributed by atoms with Crippen molar-refractivity contribution in [1.82, 2.24) is 15.2 Å². The maximum absolute atomic E-state index is 5.46. The van der Waals surface area contributed by atoms with E-state index in [1.54, 1.807) is 6.26 Å². The fraction of sp³-hybridized carbons (Fsp3) is 0.385. The quantitative estimate of drug-likeness (QED) is 0.802. The molecule has 0 saturated heterocycles. The summed E-state index contributed by atoms with van der Waals surface area (Å²) in [6.45, 7) is 1.71. The number of likely N-dealkylation sites (N-methyl/N-ethyl adjacent to an activating group) is 1. The van der Waals surface area contributed by atoms with E-state index in [-0.39, 0.29) is 6.04 Å². The Kier molecular flexibility index (Phi) is 4.01. The number of hydrogen-bond acceptors (Lipinski definition) is 3. The minimum atomic E-state index is 0.264. The van der Waals surface area contributed by atoms with Crippen molar-refractivity contribution in [2.75, 3.05) is 20.6 Å². The van der Waals surface area contributed by atoms with Crippen molar-refractivity contribution in [2.45, 2.75) is 12.6 Å². The minimum Gasteiger partial charge on any atom is -0.468 e. The SMILES string of the molecule is CN(C)C(CNCc1ccc[nH]1)c1ccco1. The van der Waals surface area contributed by atoms with Crippen molar-refractivity contribution in [3.63, 3.8) is 0 Å². The fourth-order valence-corrected chi connectivity index (χ4v) is 1.84. The molecule has 2 rings (SSSR count). The Morgan fingerprint density at radius 1 is 1.35 bits per heavy atom. The normalized spacial score (nSPS) is 13.1. The molecule has 0 aliphatic heterocycles. The summed E-state index contributed by atoms with van der Waals surface area (Å²) in [7, 11) is 4.12. The first-order valence-corrected chi connectivity index (χ1v) is 5.80. The topological polar surface area (TPSA) is 44.2 Å². The molecule has 0 radical (unpaired) electrons. The lowest BCUT2D eigenvalue weighted by atomic mass is 10.2. The lowest BCUT2D eigenvalue weighted by Crippen LogP contribution is -2.30. The predicted molar refractivity (Wildman–Crippen MR) is 67.6 cm³/mol. The number of H-pyrrole nitrogens is 1. The van der Waals surface area contributed by atoms with Crippen molar-refractivity contribution in [3.05, 3.63) is 48.2 Å². The molecule has 0 amide bonds. The van der Waals surface area contributed by atoms with Crippen LogP contribution in [0.5, 0.6) is 0 Å². The van der Waals surface area contributed by atoms with Gasteiger partial charge in [-0.25, -0.2) is 0 Å². The molecule has 0 spiro atoms. The van der Waals surface area contributed by atoms with Gasteiger partial charge >= 0.3 is 0 Å². The van der Waals surface area contributed by atoms with Gasteiger partial charge < -0.3 is 14.7 Å². The maximum Gasteiger partial charge on any atom is 0.122 e. The number of aromatic nitrogens is 1. The Morgan fingerprint density at radius 3 is 2.82 bits per heavy atom. The molecule has 4 nitrogen and oxygen atoms in total. The predicted octanol–water partition coefficient (Wildman–Crippen LogP) is 2.00. The van der Waals surface area contributed by atoms with Crippen LogP contribution in [0.1, 0.15) is 17.5 Å². The summed E-state index contributed by atoms with van der Waals surface area (Å²) in [4.78, 5) is 5.33. The third kappa shape index (κ3) is 3.22. The Balaban J connectivity index is 1.86. The zero-order valence-electron chi connectivity index (χ0n) is 10.3. The maximum atomic E-state index is 5.46. The first kappa shape index (κ1) is 12.0. The summed E-state index contributed by atoms with van der Waals surface area (Å²) in [6.07, 6.45) is 3.66. The summed E-state index contributed by atoms with van der Waals surface area (Å²) in [5, 5.41) is 3.42. The van der Waals surface area contributed by atoms with Crippen LogP contribution >= 0.6 is 0 Å². The molecule has 1 unspecified atom stereocenters. The highest BCUT2D eigenvalue weighted by atomic mass is 16.3. The van der Waals surface area contributed by atoms with Crippen molar-refractivity contribution in [1.29, 1.82) is 0 Å². The highest BCUT2D eigenvalue weighted by molar-refractivity contribution is 5.06. The molecule has 2 aromatic heterocycles. The number of furan rings is 1. The molecule has 17 heavy (non-hydrogen) atoms. The minimum absolute atomic E-state index is 0.264. The molecule has 0 saturated carbocycles. The Morgan fingerprint density at radius 2 is 2.24 bits per heavy atom. The van der Waals surface area contributed by atoms with Gasteiger partial charge in [-0.2, -0.15) is 0 Å². The van der Waals surface area contributed by atoms with Gasteiger partial charge in [0.25, 0.3) is 0 Å². The summed E-state index contributed by atoms with van der Waals surface area (Å²) in [5.41, 5.74) is 1.20. The highest BCUT2D eigenvalue weighted by Gasteiger charge is 2.15. The van der Waals surface area contributed by atoms with Gasteiger partial charge in [0.15, 0.2) is 0 Å². The van der Waals surface area contributed by atoms with Gasteiger partial charge in [-0.3, -0.25) is 4.90 Å². The molecule has 0 bridgehead atoms. The van der Waals surface area contributed by atoms with Crippen molar-refractivity contribution in [3.8, 4) is 0 Å². The van der Waals surface area contributed by atoms with Crippen LogP contribution in [0.3, 0.4) is 0 Å². The molecule has 0 aromatic carbocycles. The molecule has 2 N–H and O–H groups in total. The van der Waals surface area contributed by atoms with Crippen LogP contribution in [0.4, 0.5) is 0 Å². The molecule has 0 fully saturated rings. The second-order valence-corrected chi connectivity index (χ2v) is 4.32. The molecule has 2 heterocycles. The van der Waals surface area contributed by atoms with E-state index in [1.165, 1.54) is 5.69 Å². The zero-order valence-corrected chi connectivity index (χ0v) is 10.3.